The molecule has 1 aliphatic carbocycles. The molecule has 1 aromatic heterocycles. The summed E-state index contributed by atoms with van der Waals surface area (Å²) in [6.45, 7) is 3.32. The van der Waals surface area contributed by atoms with Crippen LogP contribution in [-0.2, 0) is 10.0 Å². The van der Waals surface area contributed by atoms with E-state index in [2.05, 4.69) is 15.3 Å². The summed E-state index contributed by atoms with van der Waals surface area (Å²) in [5, 5.41) is 3.09. The number of hydrogen-bond donors (Lipinski definition) is 2. The quantitative estimate of drug-likeness (QED) is 0.690. The first-order valence-corrected chi connectivity index (χ1v) is 9.05. The molecule has 2 N–H and O–H groups in total. The molecule has 7 nitrogen and oxygen atoms in total. The molecule has 1 heterocycles. The highest BCUT2D eigenvalue weighted by Crippen LogP contribution is 2.37. The van der Waals surface area contributed by atoms with Crippen molar-refractivity contribution in [2.24, 2.45) is 0 Å². The van der Waals surface area contributed by atoms with Crippen LogP contribution in [0.25, 0.3) is 0 Å². The van der Waals surface area contributed by atoms with E-state index in [9.17, 15) is 13.2 Å². The molecule has 0 unspecified atom stereocenters. The molecule has 2 rings (SSSR count). The maximum atomic E-state index is 11.5. The molecule has 1 saturated carbocycles. The molecule has 0 saturated heterocycles. The van der Waals surface area contributed by atoms with Crippen LogP contribution in [0.5, 0.6) is 0 Å². The lowest BCUT2D eigenvalue weighted by atomic mass is 10.3. The summed E-state index contributed by atoms with van der Waals surface area (Å²) < 4.78 is 24.3. The number of rotatable bonds is 8. The number of sulfonamides is 1. The fraction of sp³-hybridized carbons (Fsp3) is 0.692. The van der Waals surface area contributed by atoms with Crippen molar-refractivity contribution in [2.45, 2.75) is 32.1 Å². The van der Waals surface area contributed by atoms with Gasteiger partial charge in [0.1, 0.15) is 11.6 Å². The van der Waals surface area contributed by atoms with Crippen molar-refractivity contribution in [2.75, 3.05) is 31.2 Å². The number of aromatic nitrogens is 2. The summed E-state index contributed by atoms with van der Waals surface area (Å²) in [6, 6.07) is 1.43. The van der Waals surface area contributed by atoms with Crippen LogP contribution >= 0.6 is 0 Å². The number of anilines is 1. The lowest BCUT2D eigenvalue weighted by molar-refractivity contribution is 0.428. The summed E-state index contributed by atoms with van der Waals surface area (Å²) in [5.41, 5.74) is -0.152. The fourth-order valence-corrected chi connectivity index (χ4v) is 3.08. The van der Waals surface area contributed by atoms with Crippen LogP contribution in [-0.4, -0.2) is 48.6 Å². The van der Waals surface area contributed by atoms with E-state index in [1.54, 1.807) is 0 Å². The second kappa shape index (κ2) is 6.57. The molecule has 118 valence electrons. The van der Waals surface area contributed by atoms with E-state index in [-0.39, 0.29) is 5.56 Å². The van der Waals surface area contributed by atoms with Gasteiger partial charge < -0.3 is 10.3 Å². The Labute approximate surface area is 124 Å². The van der Waals surface area contributed by atoms with Crippen molar-refractivity contribution in [3.05, 3.63) is 22.2 Å². The van der Waals surface area contributed by atoms with Crippen LogP contribution in [0, 0.1) is 0 Å². The van der Waals surface area contributed by atoms with Gasteiger partial charge in [0.25, 0.3) is 5.56 Å². The molecule has 0 aromatic carbocycles. The van der Waals surface area contributed by atoms with Crippen molar-refractivity contribution in [3.8, 4) is 0 Å². The Bertz CT molecular complexity index is 637. The van der Waals surface area contributed by atoms with E-state index in [0.29, 0.717) is 37.8 Å². The highest BCUT2D eigenvalue weighted by molar-refractivity contribution is 7.88. The first-order valence-electron chi connectivity index (χ1n) is 7.20. The highest BCUT2D eigenvalue weighted by atomic mass is 32.2. The van der Waals surface area contributed by atoms with Gasteiger partial charge in [-0.05, 0) is 19.3 Å². The zero-order valence-electron chi connectivity index (χ0n) is 12.4. The number of aromatic amines is 1. The van der Waals surface area contributed by atoms with E-state index in [4.69, 9.17) is 0 Å². The lowest BCUT2D eigenvalue weighted by Crippen LogP contribution is -2.31. The van der Waals surface area contributed by atoms with Crippen LogP contribution in [0.4, 0.5) is 5.82 Å². The molecule has 8 heteroatoms. The monoisotopic (exact) mass is 314 g/mol. The third-order valence-corrected chi connectivity index (χ3v) is 4.81. The van der Waals surface area contributed by atoms with E-state index in [1.165, 1.54) is 16.6 Å². The van der Waals surface area contributed by atoms with Crippen LogP contribution < -0.4 is 10.9 Å². The molecule has 1 fully saturated rings. The van der Waals surface area contributed by atoms with Crippen molar-refractivity contribution < 1.29 is 8.42 Å². The second-order valence-corrected chi connectivity index (χ2v) is 7.31. The molecular formula is C13H22N4O3S. The zero-order chi connectivity index (χ0) is 15.5. The Balaban J connectivity index is 1.85. The Morgan fingerprint density at radius 2 is 2.19 bits per heavy atom. The minimum atomic E-state index is -3.14. The van der Waals surface area contributed by atoms with Gasteiger partial charge in [0, 0.05) is 31.6 Å². The average molecular weight is 314 g/mol. The van der Waals surface area contributed by atoms with Crippen molar-refractivity contribution in [1.82, 2.24) is 14.3 Å². The van der Waals surface area contributed by atoms with Crippen LogP contribution in [0.3, 0.4) is 0 Å². The van der Waals surface area contributed by atoms with Crippen LogP contribution in [0.2, 0.25) is 0 Å². The lowest BCUT2D eigenvalue weighted by Gasteiger charge is -2.17. The van der Waals surface area contributed by atoms with E-state index < -0.39 is 10.0 Å². The highest BCUT2D eigenvalue weighted by Gasteiger charge is 2.26. The molecule has 0 amide bonds. The van der Waals surface area contributed by atoms with Gasteiger partial charge in [0.15, 0.2) is 0 Å². The summed E-state index contributed by atoms with van der Waals surface area (Å²) in [6.07, 6.45) is 4.02. The van der Waals surface area contributed by atoms with Gasteiger partial charge in [-0.15, -0.1) is 0 Å². The second-order valence-electron chi connectivity index (χ2n) is 5.33. The minimum Gasteiger partial charge on any atom is -0.370 e. The predicted octanol–water partition coefficient (Wildman–Crippen LogP) is 0.731. The maximum absolute atomic E-state index is 11.5. The zero-order valence-corrected chi connectivity index (χ0v) is 13.2. The molecule has 1 aliphatic rings. The first kappa shape index (κ1) is 16.0. The van der Waals surface area contributed by atoms with E-state index >= 15 is 0 Å². The summed E-state index contributed by atoms with van der Waals surface area (Å²) in [4.78, 5) is 18.7. The number of nitrogens with one attached hydrogen (secondary N) is 2. The molecule has 0 aliphatic heterocycles. The maximum Gasteiger partial charge on any atom is 0.252 e. The molecular weight excluding hydrogens is 292 g/mol. The third kappa shape index (κ3) is 4.82. The first-order chi connectivity index (χ1) is 9.90. The van der Waals surface area contributed by atoms with Crippen LogP contribution in [0.1, 0.15) is 37.9 Å². The minimum absolute atomic E-state index is 0.152. The molecule has 0 radical (unpaired) electrons. The van der Waals surface area contributed by atoms with Gasteiger partial charge >= 0.3 is 0 Å². The molecule has 0 bridgehead atoms. The average Bonchev–Trinajstić information content (AvgIpc) is 3.20. The normalized spacial score (nSPS) is 15.4. The van der Waals surface area contributed by atoms with Gasteiger partial charge in [-0.25, -0.2) is 17.7 Å². The standard InChI is InChI=1S/C13H22N4O3S/c1-3-17(21(2,19)20)8-4-7-14-11-9-12(18)16-13(15-11)10-5-6-10/h9-10H,3-8H2,1-2H3,(H2,14,15,16,18). The van der Waals surface area contributed by atoms with E-state index in [1.807, 2.05) is 6.92 Å². The summed E-state index contributed by atoms with van der Waals surface area (Å²) in [7, 11) is -3.14. The Hall–Kier alpha value is -1.41. The van der Waals surface area contributed by atoms with Gasteiger partial charge in [0.2, 0.25) is 10.0 Å². The Morgan fingerprint density at radius 1 is 1.48 bits per heavy atom. The Morgan fingerprint density at radius 3 is 2.76 bits per heavy atom. The van der Waals surface area contributed by atoms with Crippen molar-refractivity contribution in [1.29, 1.82) is 0 Å². The number of hydrogen-bond acceptors (Lipinski definition) is 5. The van der Waals surface area contributed by atoms with Crippen molar-refractivity contribution >= 4 is 15.8 Å². The smallest absolute Gasteiger partial charge is 0.252 e. The van der Waals surface area contributed by atoms with Gasteiger partial charge in [-0.3, -0.25) is 4.79 Å². The molecule has 0 spiro atoms. The van der Waals surface area contributed by atoms with Gasteiger partial charge in [0.05, 0.1) is 6.26 Å². The predicted molar refractivity (Wildman–Crippen MR) is 82.0 cm³/mol. The fourth-order valence-electron chi connectivity index (χ4n) is 2.15. The SMILES string of the molecule is CCN(CCCNc1cc(=O)[nH]c(C2CC2)n1)S(C)(=O)=O. The van der Waals surface area contributed by atoms with Crippen LogP contribution in [0.15, 0.2) is 10.9 Å². The molecule has 0 atom stereocenters. The number of nitrogens with zero attached hydrogens (tertiary/aromatic N) is 2. The van der Waals surface area contributed by atoms with Gasteiger partial charge in [-0.2, -0.15) is 0 Å². The molecule has 21 heavy (non-hydrogen) atoms. The topological polar surface area (TPSA) is 95.2 Å². The Kier molecular flexibility index (Phi) is 5.00. The summed E-state index contributed by atoms with van der Waals surface area (Å²) in [5.74, 6) is 1.69. The third-order valence-electron chi connectivity index (χ3n) is 3.44. The van der Waals surface area contributed by atoms with Gasteiger partial charge in [-0.1, -0.05) is 6.92 Å². The number of H-pyrrole nitrogens is 1. The van der Waals surface area contributed by atoms with Crippen molar-refractivity contribution in [3.63, 3.8) is 0 Å². The van der Waals surface area contributed by atoms with E-state index in [0.717, 1.165) is 18.7 Å². The largest absolute Gasteiger partial charge is 0.370 e. The molecule has 1 aromatic rings. The summed E-state index contributed by atoms with van der Waals surface area (Å²) >= 11 is 0.